The van der Waals surface area contributed by atoms with Crippen LogP contribution in [0.15, 0.2) is 53.6 Å². The Balaban J connectivity index is 1.28. The molecular weight excluding hydrogens is 458 g/mol. The summed E-state index contributed by atoms with van der Waals surface area (Å²) in [7, 11) is 1.86. The van der Waals surface area contributed by atoms with Crippen LogP contribution in [-0.4, -0.2) is 41.6 Å². The van der Waals surface area contributed by atoms with Crippen LogP contribution in [0.2, 0.25) is 0 Å². The van der Waals surface area contributed by atoms with E-state index in [1.807, 2.05) is 47.7 Å². The maximum absolute atomic E-state index is 13.6. The Morgan fingerprint density at radius 1 is 1.17 bits per heavy atom. The summed E-state index contributed by atoms with van der Waals surface area (Å²) in [4.78, 5) is 28.7. The molecule has 0 bridgehead atoms. The van der Waals surface area contributed by atoms with Crippen LogP contribution in [0.5, 0.6) is 0 Å². The number of fused-ring (bicyclic) bond motifs is 3. The highest BCUT2D eigenvalue weighted by Crippen LogP contribution is 2.32. The van der Waals surface area contributed by atoms with E-state index in [2.05, 4.69) is 31.9 Å². The Hall–Kier alpha value is -4.29. The number of thiazole rings is 1. The van der Waals surface area contributed by atoms with E-state index in [-0.39, 0.29) is 11.9 Å². The average Bonchev–Trinajstić information content (AvgIpc) is 3.42. The van der Waals surface area contributed by atoms with Crippen LogP contribution in [-0.2, 0) is 13.6 Å². The van der Waals surface area contributed by atoms with Crippen LogP contribution in [0, 0.1) is 11.8 Å². The fourth-order valence-corrected chi connectivity index (χ4v) is 4.67. The number of benzene rings is 1. The number of nitrogen functional groups attached to an aromatic ring is 1. The molecule has 1 fully saturated rings. The van der Waals surface area contributed by atoms with Crippen LogP contribution in [0.4, 0.5) is 5.82 Å². The second kappa shape index (κ2) is 8.49. The largest absolute Gasteiger partial charge is 0.383 e. The quantitative estimate of drug-likeness (QED) is 0.394. The van der Waals surface area contributed by atoms with Gasteiger partial charge in [0.25, 0.3) is 5.91 Å². The molecule has 5 aromatic rings. The van der Waals surface area contributed by atoms with Gasteiger partial charge in [-0.1, -0.05) is 5.92 Å². The smallest absolute Gasteiger partial charge is 0.254 e. The van der Waals surface area contributed by atoms with Gasteiger partial charge in [-0.3, -0.25) is 14.5 Å². The molecule has 1 amide bonds. The first-order chi connectivity index (χ1) is 17.1. The molecule has 0 unspecified atom stereocenters. The number of nitrogens with two attached hydrogens (primary N) is 1. The topological polar surface area (TPSA) is 103 Å². The lowest BCUT2D eigenvalue weighted by molar-refractivity contribution is 0.0728. The second-order valence-corrected chi connectivity index (χ2v) is 9.30. The first-order valence-electron chi connectivity index (χ1n) is 11.2. The standard InChI is InChI=1S/C26H21N7OS/c1-32-24-21-10-17(4-9-23(21)31-25(27)22(24)12-30-32)26(34)33(20-7-8-20)13-18-5-2-16(11-28-18)3-6-19-14-35-15-29-19/h2,4-5,9-12,14-15,20H,7-8,13H2,1H3,(H2,27,31). The van der Waals surface area contributed by atoms with Gasteiger partial charge in [0.05, 0.1) is 40.4 Å². The van der Waals surface area contributed by atoms with Crippen LogP contribution < -0.4 is 5.73 Å². The van der Waals surface area contributed by atoms with Gasteiger partial charge < -0.3 is 10.6 Å². The molecule has 4 heterocycles. The van der Waals surface area contributed by atoms with Crippen molar-refractivity contribution in [2.24, 2.45) is 7.05 Å². The highest BCUT2D eigenvalue weighted by atomic mass is 32.1. The molecule has 1 saturated carbocycles. The lowest BCUT2D eigenvalue weighted by Gasteiger charge is -2.22. The maximum atomic E-state index is 13.6. The molecule has 1 aromatic carbocycles. The summed E-state index contributed by atoms with van der Waals surface area (Å²) in [5, 5.41) is 7.87. The molecule has 0 aliphatic heterocycles. The van der Waals surface area contributed by atoms with Gasteiger partial charge in [0.1, 0.15) is 11.5 Å². The second-order valence-electron chi connectivity index (χ2n) is 8.59. The lowest BCUT2D eigenvalue weighted by atomic mass is 10.1. The fourth-order valence-electron chi connectivity index (χ4n) is 4.19. The summed E-state index contributed by atoms with van der Waals surface area (Å²) in [5.74, 6) is 6.52. The van der Waals surface area contributed by atoms with E-state index in [9.17, 15) is 4.79 Å². The van der Waals surface area contributed by atoms with E-state index in [1.165, 1.54) is 11.3 Å². The fraction of sp³-hybridized carbons (Fsp3) is 0.192. The van der Waals surface area contributed by atoms with Gasteiger partial charge >= 0.3 is 0 Å². The van der Waals surface area contributed by atoms with Crippen molar-refractivity contribution in [1.82, 2.24) is 29.6 Å². The van der Waals surface area contributed by atoms with Crippen LogP contribution in [0.25, 0.3) is 21.8 Å². The first kappa shape index (κ1) is 21.3. The summed E-state index contributed by atoms with van der Waals surface area (Å²) >= 11 is 1.52. The number of rotatable bonds is 4. The summed E-state index contributed by atoms with van der Waals surface area (Å²) in [6, 6.07) is 9.66. The van der Waals surface area contributed by atoms with Gasteiger partial charge in [-0.15, -0.1) is 11.3 Å². The number of carbonyl (C=O) groups excluding carboxylic acids is 1. The van der Waals surface area contributed by atoms with Crippen LogP contribution in [0.1, 0.15) is 40.2 Å². The van der Waals surface area contributed by atoms with Crippen molar-refractivity contribution in [3.63, 3.8) is 0 Å². The van der Waals surface area contributed by atoms with E-state index >= 15 is 0 Å². The van der Waals surface area contributed by atoms with E-state index in [1.54, 1.807) is 22.6 Å². The van der Waals surface area contributed by atoms with Gasteiger partial charge in [-0.2, -0.15) is 5.10 Å². The molecule has 0 saturated heterocycles. The van der Waals surface area contributed by atoms with E-state index in [0.29, 0.717) is 17.9 Å². The van der Waals surface area contributed by atoms with Crippen LogP contribution >= 0.6 is 11.3 Å². The van der Waals surface area contributed by atoms with Crippen molar-refractivity contribution in [3.05, 3.63) is 76.1 Å². The van der Waals surface area contributed by atoms with Gasteiger partial charge in [-0.05, 0) is 49.1 Å². The zero-order valence-electron chi connectivity index (χ0n) is 19.0. The highest BCUT2D eigenvalue weighted by molar-refractivity contribution is 7.07. The molecule has 0 spiro atoms. The molecule has 1 aliphatic rings. The van der Waals surface area contributed by atoms with Crippen molar-refractivity contribution in [2.75, 3.05) is 5.73 Å². The predicted molar refractivity (Wildman–Crippen MR) is 136 cm³/mol. The summed E-state index contributed by atoms with van der Waals surface area (Å²) < 4.78 is 1.77. The molecule has 6 rings (SSSR count). The van der Waals surface area contributed by atoms with Gasteiger partial charge in [0.2, 0.25) is 0 Å². The third kappa shape index (κ3) is 4.09. The molecule has 0 radical (unpaired) electrons. The maximum Gasteiger partial charge on any atom is 0.254 e. The van der Waals surface area contributed by atoms with E-state index in [4.69, 9.17) is 5.73 Å². The number of aryl methyl sites for hydroxylation is 1. The van der Waals surface area contributed by atoms with Crippen LogP contribution in [0.3, 0.4) is 0 Å². The van der Waals surface area contributed by atoms with Crippen molar-refractivity contribution in [2.45, 2.75) is 25.4 Å². The summed E-state index contributed by atoms with van der Waals surface area (Å²) in [6.07, 6.45) is 5.45. The zero-order valence-corrected chi connectivity index (χ0v) is 19.8. The number of anilines is 1. The molecule has 0 atom stereocenters. The van der Waals surface area contributed by atoms with Crippen molar-refractivity contribution < 1.29 is 4.79 Å². The Morgan fingerprint density at radius 2 is 2.06 bits per heavy atom. The minimum atomic E-state index is -0.0178. The number of hydrogen-bond acceptors (Lipinski definition) is 7. The number of hydrogen-bond donors (Lipinski definition) is 1. The molecule has 172 valence electrons. The van der Waals surface area contributed by atoms with Gasteiger partial charge in [0.15, 0.2) is 0 Å². The molecule has 2 N–H and O–H groups in total. The molecule has 1 aliphatic carbocycles. The molecule has 4 aromatic heterocycles. The number of aromatic nitrogens is 5. The minimum absolute atomic E-state index is 0.0178. The molecule has 9 heteroatoms. The molecule has 8 nitrogen and oxygen atoms in total. The molecular formula is C26H21N7OS. The van der Waals surface area contributed by atoms with Gasteiger partial charge in [-0.25, -0.2) is 9.97 Å². The summed E-state index contributed by atoms with van der Waals surface area (Å²) in [6.45, 7) is 0.447. The number of pyridine rings is 2. The van der Waals surface area contributed by atoms with E-state index < -0.39 is 0 Å². The Kier molecular flexibility index (Phi) is 5.16. The highest BCUT2D eigenvalue weighted by Gasteiger charge is 2.33. The third-order valence-electron chi connectivity index (χ3n) is 6.13. The van der Waals surface area contributed by atoms with Crippen molar-refractivity contribution in [3.8, 4) is 11.8 Å². The Bertz CT molecular complexity index is 1620. The first-order valence-corrected chi connectivity index (χ1v) is 12.2. The number of amides is 1. The van der Waals surface area contributed by atoms with Gasteiger partial charge in [0, 0.05) is 41.2 Å². The monoisotopic (exact) mass is 479 g/mol. The number of nitrogens with zero attached hydrogens (tertiary/aromatic N) is 6. The average molecular weight is 480 g/mol. The Labute approximate surface area is 205 Å². The molecule has 35 heavy (non-hydrogen) atoms. The number of carbonyl (C=O) groups is 1. The lowest BCUT2D eigenvalue weighted by Crippen LogP contribution is -2.32. The summed E-state index contributed by atoms with van der Waals surface area (Å²) in [5.41, 5.74) is 12.5. The minimum Gasteiger partial charge on any atom is -0.383 e. The third-order valence-corrected chi connectivity index (χ3v) is 6.71. The van der Waals surface area contributed by atoms with E-state index in [0.717, 1.165) is 51.6 Å². The SMILES string of the molecule is Cn1ncc2c(N)nc3ccc(C(=O)N(Cc4ccc(C#Cc5cscn5)cn4)C4CC4)cc3c21. The Morgan fingerprint density at radius 3 is 2.80 bits per heavy atom. The van der Waals surface area contributed by atoms with Crippen molar-refractivity contribution >= 4 is 44.9 Å². The normalized spacial score (nSPS) is 13.1. The predicted octanol–water partition coefficient (Wildman–Crippen LogP) is 3.76. The van der Waals surface area contributed by atoms with Crippen molar-refractivity contribution in [1.29, 1.82) is 0 Å². The zero-order chi connectivity index (χ0) is 23.9.